The van der Waals surface area contributed by atoms with Crippen LogP contribution in [0.4, 0.5) is 5.69 Å². The van der Waals surface area contributed by atoms with Gasteiger partial charge in [-0.05, 0) is 42.0 Å². The fraction of sp³-hybridized carbons (Fsp3) is 0. The van der Waals surface area contributed by atoms with E-state index in [9.17, 15) is 0 Å². The number of aromatic nitrogens is 2. The van der Waals surface area contributed by atoms with Crippen molar-refractivity contribution >= 4 is 35.0 Å². The van der Waals surface area contributed by atoms with Gasteiger partial charge < -0.3 is 10.3 Å². The zero-order chi connectivity index (χ0) is 13.2. The summed E-state index contributed by atoms with van der Waals surface area (Å²) >= 11 is 4.26. The number of nitrogens with zero attached hydrogens (tertiary/aromatic N) is 1. The van der Waals surface area contributed by atoms with Crippen molar-refractivity contribution in [2.24, 2.45) is 0 Å². The second kappa shape index (κ2) is 4.82. The molecular weight excluding hydrogens is 254 g/mol. The molecule has 0 saturated heterocycles. The maximum Gasteiger partial charge on any atom is 0.0931 e. The summed E-state index contributed by atoms with van der Waals surface area (Å²) in [7, 11) is 0. The van der Waals surface area contributed by atoms with E-state index >= 15 is 0 Å². The highest BCUT2D eigenvalue weighted by Gasteiger charge is 2.02. The lowest BCUT2D eigenvalue weighted by molar-refractivity contribution is 1.34. The molecule has 0 aliphatic heterocycles. The molecule has 0 atom stereocenters. The van der Waals surface area contributed by atoms with Crippen LogP contribution in [0.2, 0.25) is 0 Å². The van der Waals surface area contributed by atoms with Crippen LogP contribution < -0.4 is 5.32 Å². The molecule has 94 valence electrons. The first kappa shape index (κ1) is 11.9. The van der Waals surface area contributed by atoms with Gasteiger partial charge in [0.2, 0.25) is 0 Å². The summed E-state index contributed by atoms with van der Waals surface area (Å²) in [5, 5.41) is 3.28. The molecule has 0 fully saturated rings. The average molecular weight is 267 g/mol. The number of hydrogen-bond donors (Lipinski definition) is 3. The SMILES string of the molecule is C=C(Nc1ccc(S)cc1)c1ccc2nc[nH]c2c1. The number of hydrogen-bond acceptors (Lipinski definition) is 3. The number of imidazole rings is 1. The summed E-state index contributed by atoms with van der Waals surface area (Å²) < 4.78 is 0. The molecule has 3 nitrogen and oxygen atoms in total. The van der Waals surface area contributed by atoms with Gasteiger partial charge in [-0.3, -0.25) is 0 Å². The van der Waals surface area contributed by atoms with Gasteiger partial charge in [0, 0.05) is 16.3 Å². The molecule has 3 aromatic rings. The first-order chi connectivity index (χ1) is 9.22. The molecule has 3 rings (SSSR count). The predicted molar refractivity (Wildman–Crippen MR) is 82.4 cm³/mol. The van der Waals surface area contributed by atoms with Crippen LogP contribution in [0.1, 0.15) is 5.56 Å². The minimum Gasteiger partial charge on any atom is -0.356 e. The Bertz CT molecular complexity index is 728. The van der Waals surface area contributed by atoms with Crippen LogP contribution in [0.5, 0.6) is 0 Å². The van der Waals surface area contributed by atoms with Gasteiger partial charge in [0.15, 0.2) is 0 Å². The first-order valence-corrected chi connectivity index (χ1v) is 6.35. The highest BCUT2D eigenvalue weighted by atomic mass is 32.1. The van der Waals surface area contributed by atoms with Crippen LogP contribution in [-0.4, -0.2) is 9.97 Å². The van der Waals surface area contributed by atoms with Crippen LogP contribution in [0.15, 0.2) is 60.3 Å². The standard InChI is InChI=1S/C15H13N3S/c1-10(18-12-3-5-13(19)6-4-12)11-2-7-14-15(8-11)17-9-16-14/h2-9,18-19H,1H2,(H,16,17). The van der Waals surface area contributed by atoms with Crippen LogP contribution in [0, 0.1) is 0 Å². The Labute approximate surface area is 116 Å². The molecule has 0 amide bonds. The quantitative estimate of drug-likeness (QED) is 0.629. The Morgan fingerprint density at radius 1 is 1.16 bits per heavy atom. The van der Waals surface area contributed by atoms with Gasteiger partial charge >= 0.3 is 0 Å². The molecule has 1 aromatic heterocycles. The molecule has 19 heavy (non-hydrogen) atoms. The number of thiol groups is 1. The average Bonchev–Trinajstić information content (AvgIpc) is 2.88. The van der Waals surface area contributed by atoms with Gasteiger partial charge in [0.05, 0.1) is 17.4 Å². The number of nitrogens with one attached hydrogen (secondary N) is 2. The van der Waals surface area contributed by atoms with Crippen LogP contribution in [-0.2, 0) is 0 Å². The Morgan fingerprint density at radius 3 is 2.74 bits per heavy atom. The monoisotopic (exact) mass is 267 g/mol. The van der Waals surface area contributed by atoms with E-state index in [1.54, 1.807) is 6.33 Å². The van der Waals surface area contributed by atoms with Crippen molar-refractivity contribution in [1.82, 2.24) is 9.97 Å². The minimum absolute atomic E-state index is 0.850. The molecule has 0 aliphatic rings. The van der Waals surface area contributed by atoms with Crippen molar-refractivity contribution in [3.8, 4) is 0 Å². The minimum atomic E-state index is 0.850. The van der Waals surface area contributed by atoms with Gasteiger partial charge in [-0.2, -0.15) is 0 Å². The molecule has 0 bridgehead atoms. The maximum absolute atomic E-state index is 4.26. The molecule has 2 aromatic carbocycles. The number of aromatic amines is 1. The summed E-state index contributed by atoms with van der Waals surface area (Å²) in [5.74, 6) is 0. The van der Waals surface area contributed by atoms with Gasteiger partial charge in [0.1, 0.15) is 0 Å². The van der Waals surface area contributed by atoms with Crippen molar-refractivity contribution in [2.75, 3.05) is 5.32 Å². The normalized spacial score (nSPS) is 10.6. The summed E-state index contributed by atoms with van der Waals surface area (Å²) in [6.45, 7) is 4.07. The van der Waals surface area contributed by atoms with E-state index in [4.69, 9.17) is 0 Å². The maximum atomic E-state index is 4.26. The van der Waals surface area contributed by atoms with E-state index in [-0.39, 0.29) is 0 Å². The van der Waals surface area contributed by atoms with E-state index in [1.807, 2.05) is 42.5 Å². The second-order valence-corrected chi connectivity index (χ2v) is 4.80. The van der Waals surface area contributed by atoms with Gasteiger partial charge in [-0.15, -0.1) is 12.6 Å². The highest BCUT2D eigenvalue weighted by molar-refractivity contribution is 7.80. The number of H-pyrrole nitrogens is 1. The topological polar surface area (TPSA) is 40.7 Å². The summed E-state index contributed by atoms with van der Waals surface area (Å²) in [5.41, 5.74) is 4.84. The fourth-order valence-corrected chi connectivity index (χ4v) is 2.06. The third-order valence-electron chi connectivity index (χ3n) is 2.93. The van der Waals surface area contributed by atoms with Crippen LogP contribution in [0.3, 0.4) is 0 Å². The third-order valence-corrected chi connectivity index (χ3v) is 3.23. The Kier molecular flexibility index (Phi) is 3.01. The fourth-order valence-electron chi connectivity index (χ4n) is 1.91. The largest absolute Gasteiger partial charge is 0.356 e. The number of anilines is 1. The van der Waals surface area contributed by atoms with E-state index in [0.717, 1.165) is 32.9 Å². The molecule has 0 aliphatic carbocycles. The molecule has 0 unspecified atom stereocenters. The lowest BCUT2D eigenvalue weighted by Crippen LogP contribution is -1.97. The summed E-state index contributed by atoms with van der Waals surface area (Å²) in [6, 6.07) is 13.8. The second-order valence-electron chi connectivity index (χ2n) is 4.28. The first-order valence-electron chi connectivity index (χ1n) is 5.91. The molecule has 0 spiro atoms. The lowest BCUT2D eigenvalue weighted by Gasteiger charge is -2.10. The molecule has 4 heteroatoms. The zero-order valence-electron chi connectivity index (χ0n) is 10.2. The molecule has 0 radical (unpaired) electrons. The van der Waals surface area contributed by atoms with Crippen LogP contribution in [0.25, 0.3) is 16.7 Å². The Morgan fingerprint density at radius 2 is 1.95 bits per heavy atom. The van der Waals surface area contributed by atoms with Crippen molar-refractivity contribution in [3.05, 3.63) is 60.9 Å². The van der Waals surface area contributed by atoms with Crippen molar-refractivity contribution in [2.45, 2.75) is 4.90 Å². The van der Waals surface area contributed by atoms with Gasteiger partial charge in [0.25, 0.3) is 0 Å². The number of benzene rings is 2. The summed E-state index contributed by atoms with van der Waals surface area (Å²) in [4.78, 5) is 8.23. The van der Waals surface area contributed by atoms with E-state index in [2.05, 4.69) is 34.5 Å². The van der Waals surface area contributed by atoms with E-state index < -0.39 is 0 Å². The molecule has 0 saturated carbocycles. The number of fused-ring (bicyclic) bond motifs is 1. The lowest BCUT2D eigenvalue weighted by atomic mass is 10.1. The van der Waals surface area contributed by atoms with Gasteiger partial charge in [-0.25, -0.2) is 4.98 Å². The zero-order valence-corrected chi connectivity index (χ0v) is 11.1. The molecule has 1 heterocycles. The van der Waals surface area contributed by atoms with E-state index in [0.29, 0.717) is 0 Å². The Balaban J connectivity index is 1.84. The summed E-state index contributed by atoms with van der Waals surface area (Å²) in [6.07, 6.45) is 1.69. The van der Waals surface area contributed by atoms with Crippen molar-refractivity contribution < 1.29 is 0 Å². The number of rotatable bonds is 3. The molecular formula is C15H13N3S. The third kappa shape index (κ3) is 2.48. The Hall–Kier alpha value is -2.20. The molecule has 2 N–H and O–H groups in total. The van der Waals surface area contributed by atoms with E-state index in [1.165, 1.54) is 0 Å². The highest BCUT2D eigenvalue weighted by Crippen LogP contribution is 2.21. The van der Waals surface area contributed by atoms with Crippen LogP contribution >= 0.6 is 12.6 Å². The smallest absolute Gasteiger partial charge is 0.0931 e. The predicted octanol–water partition coefficient (Wildman–Crippen LogP) is 3.93. The van der Waals surface area contributed by atoms with Gasteiger partial charge in [-0.1, -0.05) is 12.6 Å². The van der Waals surface area contributed by atoms with Crippen molar-refractivity contribution in [1.29, 1.82) is 0 Å². The van der Waals surface area contributed by atoms with Crippen molar-refractivity contribution in [3.63, 3.8) is 0 Å².